The normalized spacial score (nSPS) is 11.0. The van der Waals surface area contributed by atoms with Crippen molar-refractivity contribution in [2.45, 2.75) is 19.8 Å². The smallest absolute Gasteiger partial charge is 0.187 e. The molecule has 0 aliphatic rings. The van der Waals surface area contributed by atoms with E-state index in [0.29, 0.717) is 17.2 Å². The van der Waals surface area contributed by atoms with Gasteiger partial charge in [-0.1, -0.05) is 44.2 Å². The van der Waals surface area contributed by atoms with Crippen molar-refractivity contribution >= 4 is 11.5 Å². The topological polar surface area (TPSA) is 29.1 Å². The van der Waals surface area contributed by atoms with Crippen molar-refractivity contribution in [1.82, 2.24) is 0 Å². The fourth-order valence-corrected chi connectivity index (χ4v) is 1.92. The number of allylic oxidation sites excluding steroid dienone is 1. The number of anilines is 1. The minimum absolute atomic E-state index is 0.0887. The van der Waals surface area contributed by atoms with Gasteiger partial charge >= 0.3 is 0 Å². The zero-order valence-corrected chi connectivity index (χ0v) is 12.1. The number of carbonyl (C=O) groups is 1. The summed E-state index contributed by atoms with van der Waals surface area (Å²) in [7, 11) is 0. The number of hydrogen-bond acceptors (Lipinski definition) is 2. The lowest BCUT2D eigenvalue weighted by atomic mass is 10.0. The van der Waals surface area contributed by atoms with Crippen molar-refractivity contribution in [3.05, 3.63) is 77.8 Å². The first-order valence-corrected chi connectivity index (χ1v) is 6.89. The number of halogens is 1. The third-order valence-electron chi connectivity index (χ3n) is 3.17. The van der Waals surface area contributed by atoms with E-state index in [1.54, 1.807) is 12.1 Å². The molecule has 0 fully saturated rings. The average Bonchev–Trinajstić information content (AvgIpc) is 2.47. The molecule has 3 heteroatoms. The van der Waals surface area contributed by atoms with Gasteiger partial charge in [0.25, 0.3) is 0 Å². The van der Waals surface area contributed by atoms with Crippen LogP contribution >= 0.6 is 0 Å². The Morgan fingerprint density at radius 3 is 2.48 bits per heavy atom. The van der Waals surface area contributed by atoms with Crippen LogP contribution in [0.4, 0.5) is 10.1 Å². The molecule has 0 aliphatic carbocycles. The van der Waals surface area contributed by atoms with E-state index in [0.717, 1.165) is 0 Å². The number of carbonyl (C=O) groups excluding carboxylic acids is 1. The van der Waals surface area contributed by atoms with Crippen molar-refractivity contribution in [3.8, 4) is 0 Å². The Hall–Kier alpha value is -2.42. The molecule has 0 amide bonds. The first-order chi connectivity index (χ1) is 10.1. The second kappa shape index (κ2) is 6.84. The Balaban J connectivity index is 1.99. The quantitative estimate of drug-likeness (QED) is 0.633. The Kier molecular flexibility index (Phi) is 4.88. The van der Waals surface area contributed by atoms with Gasteiger partial charge in [0.15, 0.2) is 5.78 Å². The van der Waals surface area contributed by atoms with Gasteiger partial charge in [0.2, 0.25) is 0 Å². The van der Waals surface area contributed by atoms with Crippen LogP contribution in [0.15, 0.2) is 60.8 Å². The molecule has 0 aliphatic heterocycles. The van der Waals surface area contributed by atoms with E-state index in [4.69, 9.17) is 0 Å². The van der Waals surface area contributed by atoms with E-state index in [1.807, 2.05) is 24.3 Å². The Morgan fingerprint density at radius 1 is 1.14 bits per heavy atom. The van der Waals surface area contributed by atoms with Crippen molar-refractivity contribution in [3.63, 3.8) is 0 Å². The predicted octanol–water partition coefficient (Wildman–Crippen LogP) is 4.76. The van der Waals surface area contributed by atoms with Crippen LogP contribution in [0.2, 0.25) is 0 Å². The van der Waals surface area contributed by atoms with Crippen LogP contribution in [0.1, 0.15) is 35.7 Å². The monoisotopic (exact) mass is 283 g/mol. The maximum absolute atomic E-state index is 13.0. The van der Waals surface area contributed by atoms with Crippen molar-refractivity contribution in [2.24, 2.45) is 0 Å². The first-order valence-electron chi connectivity index (χ1n) is 6.89. The Bertz CT molecular complexity index is 645. The van der Waals surface area contributed by atoms with E-state index < -0.39 is 0 Å². The molecular weight excluding hydrogens is 265 g/mol. The number of nitrogens with one attached hydrogen (secondary N) is 1. The van der Waals surface area contributed by atoms with Gasteiger partial charge in [0, 0.05) is 23.5 Å². The van der Waals surface area contributed by atoms with Gasteiger partial charge in [-0.15, -0.1) is 0 Å². The lowest BCUT2D eigenvalue weighted by Crippen LogP contribution is -1.97. The molecule has 0 saturated carbocycles. The lowest BCUT2D eigenvalue weighted by molar-refractivity contribution is 0.104. The summed E-state index contributed by atoms with van der Waals surface area (Å²) in [6, 6.07) is 13.7. The van der Waals surface area contributed by atoms with Crippen molar-refractivity contribution in [1.29, 1.82) is 0 Å². The summed E-state index contributed by atoms with van der Waals surface area (Å²) in [5.41, 5.74) is 2.44. The number of hydrogen-bond donors (Lipinski definition) is 1. The largest absolute Gasteiger partial charge is 0.361 e. The molecule has 0 aromatic heterocycles. The predicted molar refractivity (Wildman–Crippen MR) is 84.0 cm³/mol. The maximum Gasteiger partial charge on any atom is 0.187 e. The van der Waals surface area contributed by atoms with Gasteiger partial charge < -0.3 is 5.32 Å². The molecule has 0 bridgehead atoms. The molecule has 2 aromatic carbocycles. The van der Waals surface area contributed by atoms with Crippen LogP contribution in [0.3, 0.4) is 0 Å². The summed E-state index contributed by atoms with van der Waals surface area (Å²) in [4.78, 5) is 12.0. The third-order valence-corrected chi connectivity index (χ3v) is 3.17. The summed E-state index contributed by atoms with van der Waals surface area (Å²) in [6.07, 6.45) is 2.96. The highest BCUT2D eigenvalue weighted by atomic mass is 19.1. The summed E-state index contributed by atoms with van der Waals surface area (Å²) in [5.74, 6) is 0.0394. The van der Waals surface area contributed by atoms with Crippen LogP contribution in [-0.4, -0.2) is 5.78 Å². The van der Waals surface area contributed by atoms with Crippen LogP contribution in [-0.2, 0) is 0 Å². The van der Waals surface area contributed by atoms with E-state index >= 15 is 0 Å². The molecule has 0 saturated heterocycles. The molecule has 21 heavy (non-hydrogen) atoms. The molecule has 2 aromatic rings. The van der Waals surface area contributed by atoms with E-state index in [2.05, 4.69) is 19.2 Å². The second-order valence-electron chi connectivity index (χ2n) is 5.13. The van der Waals surface area contributed by atoms with Gasteiger partial charge in [-0.25, -0.2) is 4.39 Å². The molecule has 2 rings (SSSR count). The molecule has 108 valence electrons. The van der Waals surface area contributed by atoms with E-state index in [9.17, 15) is 9.18 Å². The highest BCUT2D eigenvalue weighted by Gasteiger charge is 2.03. The molecule has 0 heterocycles. The summed E-state index contributed by atoms with van der Waals surface area (Å²) in [6.45, 7) is 4.22. The van der Waals surface area contributed by atoms with Gasteiger partial charge in [-0.05, 0) is 29.7 Å². The van der Waals surface area contributed by atoms with Gasteiger partial charge in [-0.2, -0.15) is 0 Å². The minimum Gasteiger partial charge on any atom is -0.361 e. The zero-order valence-electron chi connectivity index (χ0n) is 12.1. The van der Waals surface area contributed by atoms with Crippen LogP contribution in [0.25, 0.3) is 0 Å². The Labute approximate surface area is 124 Å². The van der Waals surface area contributed by atoms with Crippen LogP contribution in [0.5, 0.6) is 0 Å². The first kappa shape index (κ1) is 15.0. The SMILES string of the molecule is CC(C)c1ccc(C(=O)C=CNc2cccc(F)c2)cc1. The highest BCUT2D eigenvalue weighted by molar-refractivity contribution is 6.04. The molecule has 0 atom stereocenters. The average molecular weight is 283 g/mol. The minimum atomic E-state index is -0.316. The summed E-state index contributed by atoms with van der Waals surface area (Å²) < 4.78 is 13.0. The van der Waals surface area contributed by atoms with Gasteiger partial charge in [0.05, 0.1) is 0 Å². The number of rotatable bonds is 5. The summed E-state index contributed by atoms with van der Waals surface area (Å²) in [5, 5.41) is 2.87. The lowest BCUT2D eigenvalue weighted by Gasteiger charge is -2.05. The standard InChI is InChI=1S/C18H18FNO/c1-13(2)14-6-8-15(9-7-14)18(21)10-11-20-17-5-3-4-16(19)12-17/h3-13,20H,1-2H3. The summed E-state index contributed by atoms with van der Waals surface area (Å²) >= 11 is 0. The zero-order chi connectivity index (χ0) is 15.2. The van der Waals surface area contributed by atoms with Gasteiger partial charge in [0.1, 0.15) is 5.82 Å². The van der Waals surface area contributed by atoms with E-state index in [1.165, 1.54) is 30.0 Å². The molecular formula is C18H18FNO. The molecule has 0 spiro atoms. The highest BCUT2D eigenvalue weighted by Crippen LogP contribution is 2.15. The molecule has 2 nitrogen and oxygen atoms in total. The van der Waals surface area contributed by atoms with Gasteiger partial charge in [-0.3, -0.25) is 4.79 Å². The fraction of sp³-hybridized carbons (Fsp3) is 0.167. The molecule has 1 N–H and O–H groups in total. The molecule has 0 radical (unpaired) electrons. The van der Waals surface area contributed by atoms with E-state index in [-0.39, 0.29) is 11.6 Å². The van der Waals surface area contributed by atoms with Crippen LogP contribution < -0.4 is 5.32 Å². The van der Waals surface area contributed by atoms with Crippen molar-refractivity contribution < 1.29 is 9.18 Å². The van der Waals surface area contributed by atoms with Crippen LogP contribution in [0, 0.1) is 5.82 Å². The fourth-order valence-electron chi connectivity index (χ4n) is 1.92. The van der Waals surface area contributed by atoms with Crippen molar-refractivity contribution in [2.75, 3.05) is 5.32 Å². The third kappa shape index (κ3) is 4.28. The second-order valence-corrected chi connectivity index (χ2v) is 5.13. The molecule has 0 unspecified atom stereocenters. The Morgan fingerprint density at radius 2 is 1.86 bits per heavy atom. The number of ketones is 1. The maximum atomic E-state index is 13.0. The number of benzene rings is 2.